The molecule has 0 aromatic rings. The molecule has 0 atom stereocenters. The summed E-state index contributed by atoms with van der Waals surface area (Å²) in [5.74, 6) is 0. The van der Waals surface area contributed by atoms with E-state index in [-0.39, 0.29) is 14.8 Å². The number of alkyl halides is 1. The van der Waals surface area contributed by atoms with Gasteiger partial charge >= 0.3 is 8.69 Å². The van der Waals surface area contributed by atoms with Gasteiger partial charge in [-0.15, -0.1) is 0 Å². The Morgan fingerprint density at radius 1 is 2.00 bits per heavy atom. The van der Waals surface area contributed by atoms with E-state index >= 15 is 0 Å². The highest BCUT2D eigenvalue weighted by atomic mass is 35.5. The predicted octanol–water partition coefficient (Wildman–Crippen LogP) is 1.41. The Bertz CT molecular complexity index is 30.8. The molecule has 30 valence electrons. The molecule has 0 radical (unpaired) electrons. The van der Waals surface area contributed by atoms with Gasteiger partial charge in [0.1, 0.15) is 6.07 Å². The van der Waals surface area contributed by atoms with Crippen LogP contribution in [-0.2, 0) is 9.09 Å². The highest BCUT2D eigenvalue weighted by Gasteiger charge is 1.67. The lowest BCUT2D eigenvalue weighted by molar-refractivity contribution is 0.410. The van der Waals surface area contributed by atoms with Crippen LogP contribution >= 0.6 is 20.3 Å². The molecule has 0 amide bonds. The summed E-state index contributed by atoms with van der Waals surface area (Å²) < 4.78 is 13.2. The van der Waals surface area contributed by atoms with E-state index in [0.717, 1.165) is 0 Å². The summed E-state index contributed by atoms with van der Waals surface area (Å²) in [5, 5.41) is 0. The molecule has 0 aliphatic rings. The summed E-state index contributed by atoms with van der Waals surface area (Å²) >= 11 is 4.87. The van der Waals surface area contributed by atoms with Crippen LogP contribution in [0.15, 0.2) is 0 Å². The number of halogens is 1. The van der Waals surface area contributed by atoms with Gasteiger partial charge in [0.25, 0.3) is 0 Å². The van der Waals surface area contributed by atoms with E-state index < -0.39 is 0 Å². The fraction of sp³-hybridized carbons (Fsp3) is 1.00. The van der Waals surface area contributed by atoms with Gasteiger partial charge in [-0.1, -0.05) is 11.6 Å². The first-order valence-corrected chi connectivity index (χ1v) is 2.19. The second kappa shape index (κ2) is 4.35. The second-order valence-corrected chi connectivity index (χ2v) is 0.938. The van der Waals surface area contributed by atoms with E-state index in [9.17, 15) is 4.57 Å². The van der Waals surface area contributed by atoms with E-state index in [1.807, 2.05) is 0 Å². The second-order valence-electron chi connectivity index (χ2n) is 0.313. The molecule has 4 heteroatoms. The van der Waals surface area contributed by atoms with Gasteiger partial charge in [0.2, 0.25) is 0 Å². The monoisotopic (exact) mass is 112 g/mol. The quantitative estimate of drug-likeness (QED) is 0.399. The Labute approximate surface area is 36.4 Å². The molecule has 0 saturated heterocycles. The summed E-state index contributed by atoms with van der Waals surface area (Å²) in [6, 6.07) is -0.00887. The summed E-state index contributed by atoms with van der Waals surface area (Å²) in [4.78, 5) is 0. The highest BCUT2D eigenvalue weighted by molar-refractivity contribution is 7.17. The molecule has 2 nitrogen and oxygen atoms in total. The van der Waals surface area contributed by atoms with Crippen LogP contribution in [-0.4, -0.2) is 6.07 Å². The Kier molecular flexibility index (Phi) is 4.65. The Morgan fingerprint density at radius 2 is 2.60 bits per heavy atom. The van der Waals surface area contributed by atoms with Crippen molar-refractivity contribution < 1.29 is 9.09 Å². The Balaban J connectivity index is 2.40. The minimum Gasteiger partial charge on any atom is -0.278 e. The minimum absolute atomic E-state index is 0.00887. The molecular weight excluding hydrogens is 110 g/mol. The molecule has 0 aromatic carbocycles. The van der Waals surface area contributed by atoms with Gasteiger partial charge in [-0.3, -0.25) is 4.52 Å². The van der Waals surface area contributed by atoms with Crippen LogP contribution in [0.5, 0.6) is 0 Å². The van der Waals surface area contributed by atoms with Gasteiger partial charge in [-0.2, -0.15) is 0 Å². The molecule has 0 rings (SSSR count). The minimum atomic E-state index is -0.352. The van der Waals surface area contributed by atoms with Crippen molar-refractivity contribution in [2.24, 2.45) is 0 Å². The largest absolute Gasteiger partial charge is 0.328 e. The maximum absolute atomic E-state index is 9.20. The van der Waals surface area contributed by atoms with Gasteiger partial charge in [0.05, 0.1) is 0 Å². The van der Waals surface area contributed by atoms with Crippen molar-refractivity contribution in [2.45, 2.75) is 0 Å². The average molecular weight is 112 g/mol. The highest BCUT2D eigenvalue weighted by Crippen LogP contribution is 1.92. The van der Waals surface area contributed by atoms with E-state index in [0.29, 0.717) is 0 Å². The van der Waals surface area contributed by atoms with Crippen LogP contribution in [0.2, 0.25) is 0 Å². The molecule has 0 fully saturated rings. The van der Waals surface area contributed by atoms with Gasteiger partial charge in [0.15, 0.2) is 0 Å². The third-order valence-corrected chi connectivity index (χ3v) is 0.597. The molecule has 0 unspecified atom stereocenters. The SMILES string of the molecule is O=POCCl. The molecule has 0 aliphatic carbocycles. The van der Waals surface area contributed by atoms with Gasteiger partial charge in [-0.05, 0) is 0 Å². The normalized spacial score (nSPS) is 9.00. The standard InChI is InChI=1S/CH2ClO2P/c2-1-4-5-3/h1H2. The summed E-state index contributed by atoms with van der Waals surface area (Å²) in [6.07, 6.45) is 0. The molecule has 0 heterocycles. The van der Waals surface area contributed by atoms with Crippen molar-refractivity contribution in [3.05, 3.63) is 0 Å². The van der Waals surface area contributed by atoms with Gasteiger partial charge in [0, 0.05) is 0 Å². The van der Waals surface area contributed by atoms with Crippen molar-refractivity contribution in [2.75, 3.05) is 6.07 Å². The Morgan fingerprint density at radius 3 is 2.60 bits per heavy atom. The van der Waals surface area contributed by atoms with E-state index in [1.165, 1.54) is 0 Å². The molecule has 0 N–H and O–H groups in total. The number of rotatable bonds is 2. The maximum atomic E-state index is 9.20. The van der Waals surface area contributed by atoms with Crippen LogP contribution in [0.4, 0.5) is 0 Å². The first-order chi connectivity index (χ1) is 2.41. The molecule has 0 bridgehead atoms. The fourth-order valence-corrected chi connectivity index (χ4v) is 0.179. The molecular formula is CH2ClO2P. The van der Waals surface area contributed by atoms with Crippen molar-refractivity contribution in [1.29, 1.82) is 0 Å². The number of hydrogen-bond donors (Lipinski definition) is 0. The summed E-state index contributed by atoms with van der Waals surface area (Å²) in [7, 11) is -0.352. The van der Waals surface area contributed by atoms with Gasteiger partial charge < -0.3 is 0 Å². The first kappa shape index (κ1) is 5.35. The van der Waals surface area contributed by atoms with E-state index in [2.05, 4.69) is 4.52 Å². The zero-order valence-electron chi connectivity index (χ0n) is 2.35. The summed E-state index contributed by atoms with van der Waals surface area (Å²) in [5.41, 5.74) is 0. The molecule has 0 aromatic heterocycles. The molecule has 0 spiro atoms. The lowest BCUT2D eigenvalue weighted by atomic mass is 11.7. The smallest absolute Gasteiger partial charge is 0.278 e. The Hall–Kier alpha value is 0.350. The van der Waals surface area contributed by atoms with Crippen LogP contribution in [0.3, 0.4) is 0 Å². The van der Waals surface area contributed by atoms with Crippen molar-refractivity contribution in [3.63, 3.8) is 0 Å². The zero-order chi connectivity index (χ0) is 4.12. The predicted molar refractivity (Wildman–Crippen MR) is 19.4 cm³/mol. The van der Waals surface area contributed by atoms with E-state index in [1.54, 1.807) is 0 Å². The molecule has 5 heavy (non-hydrogen) atoms. The van der Waals surface area contributed by atoms with Crippen LogP contribution in [0.25, 0.3) is 0 Å². The lowest BCUT2D eigenvalue weighted by Gasteiger charge is -1.70. The van der Waals surface area contributed by atoms with E-state index in [4.69, 9.17) is 11.6 Å². The summed E-state index contributed by atoms with van der Waals surface area (Å²) in [6.45, 7) is 0. The fourth-order valence-electron chi connectivity index (χ4n) is 0.0199. The van der Waals surface area contributed by atoms with Crippen LogP contribution in [0, 0.1) is 0 Å². The van der Waals surface area contributed by atoms with Gasteiger partial charge in [-0.25, -0.2) is 4.57 Å². The van der Waals surface area contributed by atoms with Crippen LogP contribution in [0.1, 0.15) is 0 Å². The molecule has 0 saturated carbocycles. The van der Waals surface area contributed by atoms with Crippen molar-refractivity contribution >= 4 is 20.3 Å². The van der Waals surface area contributed by atoms with Crippen molar-refractivity contribution in [3.8, 4) is 0 Å². The lowest BCUT2D eigenvalue weighted by Crippen LogP contribution is -1.59. The average Bonchev–Trinajstić information content (AvgIpc) is 1.41. The third kappa shape index (κ3) is 4.35. The van der Waals surface area contributed by atoms with Crippen molar-refractivity contribution in [1.82, 2.24) is 0 Å². The zero-order valence-corrected chi connectivity index (χ0v) is 4.00. The third-order valence-electron chi connectivity index (χ3n) is 0.101. The number of hydrogen-bond acceptors (Lipinski definition) is 2. The maximum Gasteiger partial charge on any atom is 0.328 e. The topological polar surface area (TPSA) is 26.3 Å². The van der Waals surface area contributed by atoms with Crippen LogP contribution < -0.4 is 0 Å². The molecule has 0 aliphatic heterocycles. The first-order valence-electron chi connectivity index (χ1n) is 0.921.